The van der Waals surface area contributed by atoms with Gasteiger partial charge in [-0.1, -0.05) is 11.8 Å². The summed E-state index contributed by atoms with van der Waals surface area (Å²) in [6.45, 7) is -0.969. The van der Waals surface area contributed by atoms with Crippen LogP contribution in [0.5, 0.6) is 0 Å². The van der Waals surface area contributed by atoms with Crippen molar-refractivity contribution in [1.29, 1.82) is 0 Å². The third-order valence-electron chi connectivity index (χ3n) is 1.72. The van der Waals surface area contributed by atoms with Gasteiger partial charge in [-0.2, -0.15) is 0 Å². The zero-order valence-electron chi connectivity index (χ0n) is 8.78. The van der Waals surface area contributed by atoms with E-state index in [0.29, 0.717) is 5.56 Å². The van der Waals surface area contributed by atoms with Crippen molar-refractivity contribution in [1.82, 2.24) is 10.3 Å². The highest BCUT2D eigenvalue weighted by molar-refractivity contribution is 5.92. The second kappa shape index (κ2) is 6.55. The van der Waals surface area contributed by atoms with E-state index in [1.54, 1.807) is 0 Å². The van der Waals surface area contributed by atoms with Crippen LogP contribution in [0.2, 0.25) is 0 Å². The fraction of sp³-hybridized carbons (Fsp3) is 0.273. The maximum absolute atomic E-state index is 11.8. The first kappa shape index (κ1) is 13.1. The van der Waals surface area contributed by atoms with E-state index in [0.717, 1.165) is 0 Å². The molecule has 1 aromatic heterocycles. The van der Waals surface area contributed by atoms with E-state index in [1.165, 1.54) is 18.3 Å². The number of aliphatic hydroxyl groups excluding tert-OH is 1. The van der Waals surface area contributed by atoms with Gasteiger partial charge in [0.15, 0.2) is 0 Å². The summed E-state index contributed by atoms with van der Waals surface area (Å²) in [5.74, 6) is 4.36. The van der Waals surface area contributed by atoms with Gasteiger partial charge in [-0.3, -0.25) is 4.79 Å². The van der Waals surface area contributed by atoms with Gasteiger partial charge < -0.3 is 10.4 Å². The lowest BCUT2D eigenvalue weighted by Gasteiger charge is -2.03. The minimum atomic E-state index is -2.59. The van der Waals surface area contributed by atoms with Crippen LogP contribution in [0.3, 0.4) is 0 Å². The molecular weight excluding hydrogens is 230 g/mol. The Morgan fingerprint density at radius 1 is 1.53 bits per heavy atom. The van der Waals surface area contributed by atoms with Crippen LogP contribution in [0.1, 0.15) is 16.1 Å². The molecular formula is C11H10F2N2O2. The topological polar surface area (TPSA) is 62.2 Å². The molecule has 0 saturated heterocycles. The van der Waals surface area contributed by atoms with E-state index in [4.69, 9.17) is 5.11 Å². The van der Waals surface area contributed by atoms with Crippen molar-refractivity contribution in [3.05, 3.63) is 29.6 Å². The third kappa shape index (κ3) is 4.57. The van der Waals surface area contributed by atoms with Crippen LogP contribution < -0.4 is 5.32 Å². The molecule has 0 aromatic carbocycles. The minimum Gasteiger partial charge on any atom is -0.384 e. The van der Waals surface area contributed by atoms with Crippen molar-refractivity contribution >= 4 is 5.91 Å². The van der Waals surface area contributed by atoms with E-state index < -0.39 is 18.9 Å². The number of pyridine rings is 1. The first-order chi connectivity index (χ1) is 8.13. The number of alkyl halides is 2. The van der Waals surface area contributed by atoms with E-state index in [1.807, 2.05) is 5.32 Å². The zero-order chi connectivity index (χ0) is 12.7. The molecule has 0 fully saturated rings. The molecule has 90 valence electrons. The third-order valence-corrected chi connectivity index (χ3v) is 1.72. The summed E-state index contributed by atoms with van der Waals surface area (Å²) in [4.78, 5) is 15.1. The van der Waals surface area contributed by atoms with E-state index >= 15 is 0 Å². The summed E-state index contributed by atoms with van der Waals surface area (Å²) in [6.07, 6.45) is -1.26. The van der Waals surface area contributed by atoms with E-state index in [9.17, 15) is 13.6 Å². The van der Waals surface area contributed by atoms with Crippen LogP contribution in [-0.4, -0.2) is 35.6 Å². The number of carbonyl (C=O) groups is 1. The highest BCUT2D eigenvalue weighted by atomic mass is 19.3. The predicted molar refractivity (Wildman–Crippen MR) is 56.5 cm³/mol. The van der Waals surface area contributed by atoms with Crippen molar-refractivity contribution in [3.8, 4) is 11.8 Å². The number of aromatic nitrogens is 1. The van der Waals surface area contributed by atoms with Crippen molar-refractivity contribution in [2.45, 2.75) is 6.43 Å². The molecule has 17 heavy (non-hydrogen) atoms. The van der Waals surface area contributed by atoms with Gasteiger partial charge in [0.25, 0.3) is 12.3 Å². The standard InChI is InChI=1S/C11H10F2N2O2/c12-10(13)7-15-11(17)9-4-3-8(6-14-9)2-1-5-16/h3-4,6,10,16H,5,7H2,(H,15,17). The molecule has 0 bridgehead atoms. The second-order valence-electron chi connectivity index (χ2n) is 2.99. The Morgan fingerprint density at radius 3 is 2.82 bits per heavy atom. The lowest BCUT2D eigenvalue weighted by atomic mass is 10.2. The molecule has 0 unspecified atom stereocenters. The van der Waals surface area contributed by atoms with Gasteiger partial charge in [-0.15, -0.1) is 0 Å². The van der Waals surface area contributed by atoms with Crippen LogP contribution in [0.15, 0.2) is 18.3 Å². The number of rotatable bonds is 3. The maximum atomic E-state index is 11.8. The molecule has 0 radical (unpaired) electrons. The van der Waals surface area contributed by atoms with Gasteiger partial charge in [0.2, 0.25) is 0 Å². The largest absolute Gasteiger partial charge is 0.384 e. The molecule has 1 amide bonds. The van der Waals surface area contributed by atoms with Crippen molar-refractivity contribution in [3.63, 3.8) is 0 Å². The Bertz CT molecular complexity index is 435. The van der Waals surface area contributed by atoms with Gasteiger partial charge >= 0.3 is 0 Å². The molecule has 0 aliphatic carbocycles. The predicted octanol–water partition coefficient (Wildman–Crippen LogP) is 0.420. The first-order valence-corrected chi connectivity index (χ1v) is 4.75. The Kier molecular flexibility index (Phi) is 5.04. The summed E-state index contributed by atoms with van der Waals surface area (Å²) in [5, 5.41) is 10.5. The fourth-order valence-corrected chi connectivity index (χ4v) is 1.00. The molecule has 0 aliphatic rings. The van der Waals surface area contributed by atoms with Crippen molar-refractivity contribution in [2.24, 2.45) is 0 Å². The molecule has 0 aliphatic heterocycles. The number of hydrogen-bond acceptors (Lipinski definition) is 3. The van der Waals surface area contributed by atoms with Crippen LogP contribution in [0.25, 0.3) is 0 Å². The van der Waals surface area contributed by atoms with Gasteiger partial charge in [0, 0.05) is 11.8 Å². The Hall–Kier alpha value is -2.00. The van der Waals surface area contributed by atoms with Crippen LogP contribution >= 0.6 is 0 Å². The van der Waals surface area contributed by atoms with Crippen molar-refractivity contribution in [2.75, 3.05) is 13.2 Å². The number of nitrogens with zero attached hydrogens (tertiary/aromatic N) is 1. The van der Waals surface area contributed by atoms with Crippen molar-refractivity contribution < 1.29 is 18.7 Å². The SMILES string of the molecule is O=C(NCC(F)F)c1ccc(C#CCO)cn1. The summed E-state index contributed by atoms with van der Waals surface area (Å²) in [7, 11) is 0. The number of nitrogens with one attached hydrogen (secondary N) is 1. The summed E-state index contributed by atoms with van der Waals surface area (Å²) in [6, 6.07) is 2.90. The van der Waals surface area contributed by atoms with E-state index in [2.05, 4.69) is 16.8 Å². The summed E-state index contributed by atoms with van der Waals surface area (Å²) in [5.41, 5.74) is 0.574. The monoisotopic (exact) mass is 240 g/mol. The molecule has 1 aromatic rings. The Balaban J connectivity index is 2.64. The average molecular weight is 240 g/mol. The molecule has 4 nitrogen and oxygen atoms in total. The number of carbonyl (C=O) groups excluding carboxylic acids is 1. The second-order valence-corrected chi connectivity index (χ2v) is 2.99. The molecule has 2 N–H and O–H groups in total. The molecule has 0 atom stereocenters. The number of hydrogen-bond donors (Lipinski definition) is 2. The zero-order valence-corrected chi connectivity index (χ0v) is 8.78. The van der Waals surface area contributed by atoms with E-state index in [-0.39, 0.29) is 12.3 Å². The van der Waals surface area contributed by atoms with Crippen LogP contribution in [0, 0.1) is 11.8 Å². The molecule has 1 rings (SSSR count). The lowest BCUT2D eigenvalue weighted by Crippen LogP contribution is -2.29. The lowest BCUT2D eigenvalue weighted by molar-refractivity contribution is 0.0887. The highest BCUT2D eigenvalue weighted by Gasteiger charge is 2.09. The quantitative estimate of drug-likeness (QED) is 0.753. The van der Waals surface area contributed by atoms with Gasteiger partial charge in [0.05, 0.1) is 6.54 Å². The Labute approximate surface area is 96.7 Å². The van der Waals surface area contributed by atoms with Crippen LogP contribution in [-0.2, 0) is 0 Å². The number of aliphatic hydroxyl groups is 1. The molecule has 1 heterocycles. The highest BCUT2D eigenvalue weighted by Crippen LogP contribution is 1.99. The Morgan fingerprint density at radius 2 is 2.29 bits per heavy atom. The fourth-order valence-electron chi connectivity index (χ4n) is 1.00. The number of halogens is 2. The van der Waals surface area contributed by atoms with Gasteiger partial charge in [0.1, 0.15) is 12.3 Å². The summed E-state index contributed by atoms with van der Waals surface area (Å²) < 4.78 is 23.7. The summed E-state index contributed by atoms with van der Waals surface area (Å²) >= 11 is 0. The molecule has 6 heteroatoms. The van der Waals surface area contributed by atoms with Gasteiger partial charge in [-0.05, 0) is 12.1 Å². The van der Waals surface area contributed by atoms with Crippen LogP contribution in [0.4, 0.5) is 8.78 Å². The normalized spacial score (nSPS) is 9.65. The average Bonchev–Trinajstić information content (AvgIpc) is 2.34. The van der Waals surface area contributed by atoms with Gasteiger partial charge in [-0.25, -0.2) is 13.8 Å². The minimum absolute atomic E-state index is 0.0419. The first-order valence-electron chi connectivity index (χ1n) is 4.75. The molecule has 0 saturated carbocycles. The number of amides is 1. The maximum Gasteiger partial charge on any atom is 0.270 e. The molecule has 0 spiro atoms. The smallest absolute Gasteiger partial charge is 0.270 e.